The van der Waals surface area contributed by atoms with E-state index in [2.05, 4.69) is 45.0 Å². The second-order valence-corrected chi connectivity index (χ2v) is 7.94. The summed E-state index contributed by atoms with van der Waals surface area (Å²) in [4.78, 5) is 8.18. The van der Waals surface area contributed by atoms with Crippen molar-refractivity contribution >= 4 is 5.69 Å². The smallest absolute Gasteiger partial charge is 0.0367 e. The minimum atomic E-state index is 0.804. The summed E-state index contributed by atoms with van der Waals surface area (Å²) in [5.41, 5.74) is 1.39. The lowest BCUT2D eigenvalue weighted by Crippen LogP contribution is -2.56. The molecule has 0 aromatic heterocycles. The molecule has 3 fully saturated rings. The molecular formula is C21H33N3. The lowest BCUT2D eigenvalue weighted by atomic mass is 9.91. The first-order chi connectivity index (χ1) is 11.9. The van der Waals surface area contributed by atoms with Gasteiger partial charge < -0.3 is 4.90 Å². The highest BCUT2D eigenvalue weighted by Gasteiger charge is 2.31. The molecule has 4 rings (SSSR count). The molecule has 1 aromatic rings. The lowest BCUT2D eigenvalue weighted by Gasteiger charge is -2.46. The third kappa shape index (κ3) is 3.78. The van der Waals surface area contributed by atoms with E-state index in [1.54, 1.807) is 0 Å². The van der Waals surface area contributed by atoms with Crippen molar-refractivity contribution in [3.05, 3.63) is 30.3 Å². The molecular weight excluding hydrogens is 294 g/mol. The van der Waals surface area contributed by atoms with Gasteiger partial charge in [0.2, 0.25) is 0 Å². The van der Waals surface area contributed by atoms with Crippen LogP contribution in [0.15, 0.2) is 30.3 Å². The summed E-state index contributed by atoms with van der Waals surface area (Å²) in [6.07, 6.45) is 10.1. The van der Waals surface area contributed by atoms with Gasteiger partial charge in [-0.25, -0.2) is 0 Å². The fourth-order valence-electron chi connectivity index (χ4n) is 5.04. The highest BCUT2D eigenvalue weighted by atomic mass is 15.3. The minimum absolute atomic E-state index is 0.804. The Morgan fingerprint density at radius 1 is 0.625 bits per heavy atom. The molecule has 3 nitrogen and oxygen atoms in total. The summed E-state index contributed by atoms with van der Waals surface area (Å²) >= 11 is 0. The molecule has 132 valence electrons. The van der Waals surface area contributed by atoms with Gasteiger partial charge in [-0.2, -0.15) is 0 Å². The number of anilines is 1. The van der Waals surface area contributed by atoms with Gasteiger partial charge in [0, 0.05) is 50.5 Å². The number of hydrogen-bond donors (Lipinski definition) is 0. The summed E-state index contributed by atoms with van der Waals surface area (Å²) in [6, 6.07) is 12.6. The Kier molecular flexibility index (Phi) is 5.39. The van der Waals surface area contributed by atoms with Gasteiger partial charge in [0.15, 0.2) is 0 Å². The Morgan fingerprint density at radius 3 is 2.08 bits per heavy atom. The van der Waals surface area contributed by atoms with Gasteiger partial charge in [-0.15, -0.1) is 0 Å². The molecule has 2 heterocycles. The fraction of sp³-hybridized carbons (Fsp3) is 0.714. The van der Waals surface area contributed by atoms with Crippen molar-refractivity contribution in [2.24, 2.45) is 0 Å². The molecule has 0 N–H and O–H groups in total. The quantitative estimate of drug-likeness (QED) is 0.840. The molecule has 1 aliphatic carbocycles. The zero-order chi connectivity index (χ0) is 16.2. The van der Waals surface area contributed by atoms with Gasteiger partial charge >= 0.3 is 0 Å². The molecule has 0 amide bonds. The van der Waals surface area contributed by atoms with Crippen LogP contribution in [0.2, 0.25) is 0 Å². The number of benzene rings is 1. The number of rotatable bonds is 3. The van der Waals surface area contributed by atoms with E-state index in [4.69, 9.17) is 0 Å². The van der Waals surface area contributed by atoms with Gasteiger partial charge in [0.1, 0.15) is 0 Å². The Balaban J connectivity index is 1.30. The molecule has 2 saturated heterocycles. The average molecular weight is 328 g/mol. The maximum absolute atomic E-state index is 2.84. The van der Waals surface area contributed by atoms with Crippen molar-refractivity contribution < 1.29 is 0 Å². The van der Waals surface area contributed by atoms with Crippen LogP contribution in [-0.4, -0.2) is 61.2 Å². The third-order valence-electron chi connectivity index (χ3n) is 6.47. The van der Waals surface area contributed by atoms with E-state index < -0.39 is 0 Å². The van der Waals surface area contributed by atoms with Crippen LogP contribution in [0.3, 0.4) is 0 Å². The number of nitrogens with zero attached hydrogens (tertiary/aromatic N) is 3. The van der Waals surface area contributed by atoms with E-state index in [-0.39, 0.29) is 0 Å². The van der Waals surface area contributed by atoms with Gasteiger partial charge in [0.05, 0.1) is 0 Å². The van der Waals surface area contributed by atoms with Crippen LogP contribution in [0.5, 0.6) is 0 Å². The zero-order valence-electron chi connectivity index (χ0n) is 15.1. The normalized spacial score (nSPS) is 28.2. The zero-order valence-corrected chi connectivity index (χ0v) is 15.1. The molecule has 1 saturated carbocycles. The van der Waals surface area contributed by atoms with Crippen LogP contribution in [0.25, 0.3) is 0 Å². The molecule has 1 aromatic carbocycles. The predicted molar refractivity (Wildman–Crippen MR) is 102 cm³/mol. The number of hydrogen-bond acceptors (Lipinski definition) is 3. The molecule has 1 atom stereocenters. The highest BCUT2D eigenvalue weighted by Crippen LogP contribution is 2.27. The molecule has 3 aliphatic rings. The van der Waals surface area contributed by atoms with Gasteiger partial charge in [-0.3, -0.25) is 9.80 Å². The van der Waals surface area contributed by atoms with Crippen LogP contribution < -0.4 is 4.90 Å². The first-order valence-corrected chi connectivity index (χ1v) is 10.2. The van der Waals surface area contributed by atoms with Crippen LogP contribution in [-0.2, 0) is 0 Å². The van der Waals surface area contributed by atoms with Crippen molar-refractivity contribution in [3.63, 3.8) is 0 Å². The van der Waals surface area contributed by atoms with Crippen LogP contribution >= 0.6 is 0 Å². The summed E-state index contributed by atoms with van der Waals surface area (Å²) in [7, 11) is 0. The second kappa shape index (κ2) is 7.88. The summed E-state index contributed by atoms with van der Waals surface area (Å²) in [6.45, 7) is 7.52. The molecule has 3 heteroatoms. The Bertz CT molecular complexity index is 489. The number of para-hydroxylation sites is 1. The molecule has 0 radical (unpaired) electrons. The first-order valence-electron chi connectivity index (χ1n) is 10.2. The molecule has 2 aliphatic heterocycles. The SMILES string of the molecule is c1ccc(N2CCN([C@@H]3CCCN(C4CCCCC4)C3)CC2)cc1. The van der Waals surface area contributed by atoms with Gasteiger partial charge in [-0.1, -0.05) is 37.5 Å². The Labute approximate surface area is 147 Å². The topological polar surface area (TPSA) is 9.72 Å². The van der Waals surface area contributed by atoms with Gasteiger partial charge in [0.25, 0.3) is 0 Å². The number of piperidine rings is 1. The third-order valence-corrected chi connectivity index (χ3v) is 6.47. The van der Waals surface area contributed by atoms with Crippen molar-refractivity contribution in [3.8, 4) is 0 Å². The van der Waals surface area contributed by atoms with E-state index in [0.717, 1.165) is 12.1 Å². The Morgan fingerprint density at radius 2 is 1.33 bits per heavy atom. The van der Waals surface area contributed by atoms with E-state index in [0.29, 0.717) is 0 Å². The van der Waals surface area contributed by atoms with Crippen molar-refractivity contribution in [1.82, 2.24) is 9.80 Å². The fourth-order valence-corrected chi connectivity index (χ4v) is 5.04. The minimum Gasteiger partial charge on any atom is -0.369 e. The summed E-state index contributed by atoms with van der Waals surface area (Å²) in [5.74, 6) is 0. The molecule has 0 bridgehead atoms. The summed E-state index contributed by atoms with van der Waals surface area (Å²) in [5, 5.41) is 0. The monoisotopic (exact) mass is 327 g/mol. The lowest BCUT2D eigenvalue weighted by molar-refractivity contribution is 0.0553. The maximum atomic E-state index is 2.84. The maximum Gasteiger partial charge on any atom is 0.0367 e. The molecule has 0 spiro atoms. The average Bonchev–Trinajstić information content (AvgIpc) is 2.70. The van der Waals surface area contributed by atoms with E-state index >= 15 is 0 Å². The van der Waals surface area contributed by atoms with Gasteiger partial charge in [-0.05, 0) is 44.4 Å². The highest BCUT2D eigenvalue weighted by molar-refractivity contribution is 5.46. The Hall–Kier alpha value is -1.06. The standard InChI is InChI=1S/C21H33N3/c1-3-8-19(9-4-1)22-14-16-23(17-15-22)21-12-7-13-24(18-21)20-10-5-2-6-11-20/h1,3-4,8-9,20-21H,2,5-7,10-18H2/t21-/m1/s1. The van der Waals surface area contributed by atoms with Crippen molar-refractivity contribution in [2.75, 3.05) is 44.2 Å². The van der Waals surface area contributed by atoms with E-state index in [1.807, 2.05) is 0 Å². The van der Waals surface area contributed by atoms with Crippen molar-refractivity contribution in [2.45, 2.75) is 57.0 Å². The van der Waals surface area contributed by atoms with Crippen LogP contribution in [0, 0.1) is 0 Å². The largest absolute Gasteiger partial charge is 0.369 e. The van der Waals surface area contributed by atoms with E-state index in [9.17, 15) is 0 Å². The van der Waals surface area contributed by atoms with Crippen LogP contribution in [0.1, 0.15) is 44.9 Å². The molecule has 24 heavy (non-hydrogen) atoms. The molecule has 0 unspecified atom stereocenters. The van der Waals surface area contributed by atoms with Crippen LogP contribution in [0.4, 0.5) is 5.69 Å². The summed E-state index contributed by atoms with van der Waals surface area (Å²) < 4.78 is 0. The van der Waals surface area contributed by atoms with E-state index in [1.165, 1.54) is 89.9 Å². The van der Waals surface area contributed by atoms with Crippen molar-refractivity contribution in [1.29, 1.82) is 0 Å². The predicted octanol–water partition coefficient (Wildman–Crippen LogP) is 3.61. The first kappa shape index (κ1) is 16.4. The number of piperazine rings is 1. The number of likely N-dealkylation sites (tertiary alicyclic amines) is 1. The second-order valence-electron chi connectivity index (χ2n) is 7.94.